The highest BCUT2D eigenvalue weighted by atomic mass is 79.9. The Balaban J connectivity index is 2.12. The molecule has 1 atom stereocenters. The Bertz CT molecular complexity index is 1040. The predicted octanol–water partition coefficient (Wildman–Crippen LogP) is 5.01. The first-order valence-electron chi connectivity index (χ1n) is 7.36. The molecule has 138 valence electrons. The Hall–Kier alpha value is -1.84. The summed E-state index contributed by atoms with van der Waals surface area (Å²) in [5.74, 6) is 0. The van der Waals surface area contributed by atoms with Crippen molar-refractivity contribution in [2.75, 3.05) is 6.26 Å². The van der Waals surface area contributed by atoms with Gasteiger partial charge in [0.15, 0.2) is 0 Å². The van der Waals surface area contributed by atoms with Gasteiger partial charge in [0.2, 0.25) is 0 Å². The molecular weight excluding hydrogens is 435 g/mol. The maximum absolute atomic E-state index is 12.8. The average Bonchev–Trinajstić information content (AvgIpc) is 2.94. The lowest BCUT2D eigenvalue weighted by molar-refractivity contribution is -0.137. The molecule has 0 bridgehead atoms. The third-order valence-electron chi connectivity index (χ3n) is 3.77. The molecule has 0 spiro atoms. The fraction of sp³-hybridized carbons (Fsp3) is 0.176. The SMILES string of the molecule is CS(=O)(=O)OC(c1ccc(C(F)(F)F)cc1)c1c[nH]c2ccc(Br)cc12. The normalized spacial score (nSPS) is 13.9. The van der Waals surface area contributed by atoms with E-state index in [4.69, 9.17) is 4.18 Å². The molecule has 0 aliphatic carbocycles. The second-order valence-corrected chi connectivity index (χ2v) is 8.25. The lowest BCUT2D eigenvalue weighted by Gasteiger charge is -2.17. The topological polar surface area (TPSA) is 59.2 Å². The van der Waals surface area contributed by atoms with E-state index in [1.807, 2.05) is 6.07 Å². The molecule has 26 heavy (non-hydrogen) atoms. The molecule has 0 fully saturated rings. The van der Waals surface area contributed by atoms with Crippen molar-refractivity contribution in [3.05, 3.63) is 69.8 Å². The van der Waals surface area contributed by atoms with Crippen LogP contribution in [0.15, 0.2) is 53.1 Å². The Morgan fingerprint density at radius 3 is 2.35 bits per heavy atom. The summed E-state index contributed by atoms with van der Waals surface area (Å²) in [5, 5.41) is 0.702. The van der Waals surface area contributed by atoms with Crippen LogP contribution in [0.4, 0.5) is 13.2 Å². The second-order valence-electron chi connectivity index (χ2n) is 5.73. The number of hydrogen-bond acceptors (Lipinski definition) is 3. The minimum atomic E-state index is -4.47. The Morgan fingerprint density at radius 2 is 1.77 bits per heavy atom. The van der Waals surface area contributed by atoms with Gasteiger partial charge in [0, 0.05) is 27.1 Å². The molecule has 0 radical (unpaired) electrons. The van der Waals surface area contributed by atoms with E-state index in [-0.39, 0.29) is 0 Å². The van der Waals surface area contributed by atoms with Crippen molar-refractivity contribution >= 4 is 37.0 Å². The monoisotopic (exact) mass is 447 g/mol. The molecule has 0 aliphatic rings. The molecule has 3 rings (SSSR count). The van der Waals surface area contributed by atoms with Gasteiger partial charge in [-0.25, -0.2) is 0 Å². The second kappa shape index (κ2) is 6.71. The molecule has 0 saturated heterocycles. The first kappa shape index (κ1) is 18.9. The molecular formula is C17H13BrF3NO3S. The van der Waals surface area contributed by atoms with Crippen molar-refractivity contribution in [3.63, 3.8) is 0 Å². The lowest BCUT2D eigenvalue weighted by atomic mass is 10.00. The highest BCUT2D eigenvalue weighted by Crippen LogP contribution is 2.36. The molecule has 9 heteroatoms. The van der Waals surface area contributed by atoms with Crippen LogP contribution in [-0.4, -0.2) is 19.7 Å². The molecule has 2 aromatic carbocycles. The van der Waals surface area contributed by atoms with Gasteiger partial charge in [-0.05, 0) is 35.9 Å². The first-order chi connectivity index (χ1) is 12.0. The van der Waals surface area contributed by atoms with Crippen molar-refractivity contribution in [3.8, 4) is 0 Å². The van der Waals surface area contributed by atoms with Gasteiger partial charge in [0.25, 0.3) is 10.1 Å². The van der Waals surface area contributed by atoms with E-state index < -0.39 is 28.0 Å². The quantitative estimate of drug-likeness (QED) is 0.571. The van der Waals surface area contributed by atoms with Gasteiger partial charge in [-0.2, -0.15) is 21.6 Å². The van der Waals surface area contributed by atoms with E-state index in [9.17, 15) is 21.6 Å². The van der Waals surface area contributed by atoms with Crippen LogP contribution < -0.4 is 0 Å². The van der Waals surface area contributed by atoms with Crippen LogP contribution in [0.2, 0.25) is 0 Å². The van der Waals surface area contributed by atoms with Crippen LogP contribution >= 0.6 is 15.9 Å². The highest BCUT2D eigenvalue weighted by molar-refractivity contribution is 9.10. The minimum Gasteiger partial charge on any atom is -0.361 e. The fourth-order valence-corrected chi connectivity index (χ4v) is 3.57. The Morgan fingerprint density at radius 1 is 1.12 bits per heavy atom. The summed E-state index contributed by atoms with van der Waals surface area (Å²) in [6, 6.07) is 9.63. The van der Waals surface area contributed by atoms with Crippen LogP contribution in [0.5, 0.6) is 0 Å². The summed E-state index contributed by atoms with van der Waals surface area (Å²) in [4.78, 5) is 3.01. The van der Waals surface area contributed by atoms with Crippen molar-refractivity contribution in [1.82, 2.24) is 4.98 Å². The van der Waals surface area contributed by atoms with Gasteiger partial charge in [0.1, 0.15) is 6.10 Å². The number of aromatic amines is 1. The first-order valence-corrected chi connectivity index (χ1v) is 9.97. The molecule has 0 amide bonds. The standard InChI is InChI=1S/C17H13BrF3NO3S/c1-26(23,24)25-16(10-2-4-11(5-3-10)17(19,20)21)14-9-22-15-7-6-12(18)8-13(14)15/h2-9,16,22H,1H3. The van der Waals surface area contributed by atoms with Crippen molar-refractivity contribution < 1.29 is 25.8 Å². The van der Waals surface area contributed by atoms with Gasteiger partial charge in [0.05, 0.1) is 11.8 Å². The Labute approximate surface area is 156 Å². The molecule has 1 aromatic heterocycles. The molecule has 1 unspecified atom stereocenters. The smallest absolute Gasteiger partial charge is 0.361 e. The number of H-pyrrole nitrogens is 1. The molecule has 0 aliphatic heterocycles. The number of fused-ring (bicyclic) bond motifs is 1. The van der Waals surface area contributed by atoms with Crippen molar-refractivity contribution in [2.45, 2.75) is 12.3 Å². The lowest BCUT2D eigenvalue weighted by Crippen LogP contribution is -2.12. The number of rotatable bonds is 4. The van der Waals surface area contributed by atoms with E-state index in [0.29, 0.717) is 16.5 Å². The summed E-state index contributed by atoms with van der Waals surface area (Å²) in [5.41, 5.74) is 0.731. The molecule has 1 heterocycles. The van der Waals surface area contributed by atoms with Crippen LogP contribution in [0, 0.1) is 0 Å². The zero-order chi connectivity index (χ0) is 19.1. The maximum Gasteiger partial charge on any atom is 0.416 e. The zero-order valence-corrected chi connectivity index (χ0v) is 15.7. The van der Waals surface area contributed by atoms with Crippen LogP contribution in [0.1, 0.15) is 22.8 Å². The predicted molar refractivity (Wildman–Crippen MR) is 95.2 cm³/mol. The number of nitrogens with one attached hydrogen (secondary N) is 1. The number of benzene rings is 2. The number of halogens is 4. The van der Waals surface area contributed by atoms with E-state index >= 15 is 0 Å². The van der Waals surface area contributed by atoms with Gasteiger partial charge >= 0.3 is 6.18 Å². The number of aromatic nitrogens is 1. The zero-order valence-electron chi connectivity index (χ0n) is 13.3. The van der Waals surface area contributed by atoms with Gasteiger partial charge in [-0.3, -0.25) is 4.18 Å². The van der Waals surface area contributed by atoms with E-state index in [1.54, 1.807) is 18.3 Å². The van der Waals surface area contributed by atoms with E-state index in [2.05, 4.69) is 20.9 Å². The average molecular weight is 448 g/mol. The van der Waals surface area contributed by atoms with Crippen molar-refractivity contribution in [2.24, 2.45) is 0 Å². The van der Waals surface area contributed by atoms with Gasteiger partial charge in [-0.1, -0.05) is 28.1 Å². The largest absolute Gasteiger partial charge is 0.416 e. The summed E-state index contributed by atoms with van der Waals surface area (Å²) in [6.07, 6.45) is -3.06. The molecule has 3 aromatic rings. The Kier molecular flexibility index (Phi) is 4.89. The summed E-state index contributed by atoms with van der Waals surface area (Å²) >= 11 is 3.35. The molecule has 4 nitrogen and oxygen atoms in total. The minimum absolute atomic E-state index is 0.296. The molecule has 0 saturated carbocycles. The van der Waals surface area contributed by atoms with E-state index in [1.165, 1.54) is 12.1 Å². The van der Waals surface area contributed by atoms with Crippen LogP contribution in [0.3, 0.4) is 0 Å². The van der Waals surface area contributed by atoms with E-state index in [0.717, 1.165) is 28.4 Å². The summed E-state index contributed by atoms with van der Waals surface area (Å²) < 4.78 is 67.7. The summed E-state index contributed by atoms with van der Waals surface area (Å²) in [6.45, 7) is 0. The maximum atomic E-state index is 12.8. The van der Waals surface area contributed by atoms with Crippen LogP contribution in [-0.2, 0) is 20.5 Å². The third-order valence-corrected chi connectivity index (χ3v) is 4.81. The van der Waals surface area contributed by atoms with Gasteiger partial charge in [-0.15, -0.1) is 0 Å². The third kappa shape index (κ3) is 4.11. The van der Waals surface area contributed by atoms with Crippen LogP contribution in [0.25, 0.3) is 10.9 Å². The fourth-order valence-electron chi connectivity index (χ4n) is 2.64. The highest BCUT2D eigenvalue weighted by Gasteiger charge is 2.31. The number of hydrogen-bond donors (Lipinski definition) is 1. The van der Waals surface area contributed by atoms with Crippen molar-refractivity contribution in [1.29, 1.82) is 0 Å². The number of alkyl halides is 3. The summed E-state index contributed by atoms with van der Waals surface area (Å²) in [7, 11) is -3.86. The molecule has 1 N–H and O–H groups in total. The van der Waals surface area contributed by atoms with Gasteiger partial charge < -0.3 is 4.98 Å².